The van der Waals surface area contributed by atoms with Crippen molar-refractivity contribution in [3.05, 3.63) is 0 Å². The molecule has 0 aromatic rings. The Labute approximate surface area is 40.4 Å². The van der Waals surface area contributed by atoms with Crippen LogP contribution in [0.3, 0.4) is 0 Å². The first-order valence-corrected chi connectivity index (χ1v) is 1.44. The van der Waals surface area contributed by atoms with Crippen LogP contribution in [0.2, 0.25) is 0 Å². The molecule has 0 spiro atoms. The Morgan fingerprint density at radius 1 is 1.86 bits per heavy atom. The van der Waals surface area contributed by atoms with E-state index in [1.54, 1.807) is 0 Å². The van der Waals surface area contributed by atoms with Gasteiger partial charge in [0.2, 0.25) is 0 Å². The third kappa shape index (κ3) is 5.36. The predicted octanol–water partition coefficient (Wildman–Crippen LogP) is -0.696. The molecule has 0 heterocycles. The molecule has 0 rings (SSSR count). The van der Waals surface area contributed by atoms with E-state index < -0.39 is 12.6 Å². The van der Waals surface area contributed by atoms with Crippen molar-refractivity contribution in [2.75, 3.05) is 13.8 Å². The molecule has 0 saturated heterocycles. The summed E-state index contributed by atoms with van der Waals surface area (Å²) < 4.78 is 14.8. The van der Waals surface area contributed by atoms with Crippen molar-refractivity contribution in [3.63, 3.8) is 0 Å². The average molecular weight is 110 g/mol. The highest BCUT2D eigenvalue weighted by atomic mass is 19.1. The Morgan fingerprint density at radius 3 is 2.29 bits per heavy atom. The van der Waals surface area contributed by atoms with Gasteiger partial charge >= 0.3 is 5.97 Å². The zero-order chi connectivity index (χ0) is 4.99. The number of esters is 1. The molecule has 0 aliphatic carbocycles. The number of carbonyl (C=O) groups excluding carboxylic acids is 1. The molecular weight excluding hydrogens is 103 g/mol. The first-order valence-electron chi connectivity index (χ1n) is 1.44. The van der Waals surface area contributed by atoms with Crippen LogP contribution >= 0.6 is 0 Å². The van der Waals surface area contributed by atoms with Gasteiger partial charge < -0.3 is 10.2 Å². The van der Waals surface area contributed by atoms with E-state index in [1.165, 1.54) is 0 Å². The number of ether oxygens (including phenoxy) is 1. The lowest BCUT2D eigenvalue weighted by Crippen LogP contribution is -2.00. The molecule has 0 aliphatic heterocycles. The van der Waals surface area contributed by atoms with Crippen molar-refractivity contribution in [2.45, 2.75) is 0 Å². The van der Waals surface area contributed by atoms with E-state index in [0.717, 1.165) is 7.11 Å². The third-order valence-corrected chi connectivity index (χ3v) is 0.337. The van der Waals surface area contributed by atoms with E-state index in [4.69, 9.17) is 0 Å². The molecule has 0 radical (unpaired) electrons. The van der Waals surface area contributed by atoms with Crippen molar-refractivity contribution in [1.82, 2.24) is 0 Å². The summed E-state index contributed by atoms with van der Waals surface area (Å²) in [5, 5.41) is 0. The fourth-order valence-electron chi connectivity index (χ4n) is 0.0546. The lowest BCUT2D eigenvalue weighted by atomic mass is 10.8. The van der Waals surface area contributed by atoms with Gasteiger partial charge in [-0.05, 0) is 0 Å². The molecule has 0 aliphatic rings. The number of methoxy groups -OCH3 is 1. The van der Waals surface area contributed by atoms with E-state index in [9.17, 15) is 9.18 Å². The minimum absolute atomic E-state index is 0. The summed E-state index contributed by atoms with van der Waals surface area (Å²) in [5.41, 5.74) is 0. The standard InChI is InChI=1S/C3H5FO2.H2O/c1-6-3(5)2-4;/h2H2,1H3;1H2. The smallest absolute Gasteiger partial charge is 0.337 e. The highest BCUT2D eigenvalue weighted by Crippen LogP contribution is 1.70. The van der Waals surface area contributed by atoms with Crippen molar-refractivity contribution in [1.29, 1.82) is 0 Å². The van der Waals surface area contributed by atoms with E-state index in [-0.39, 0.29) is 5.48 Å². The van der Waals surface area contributed by atoms with Crippen LogP contribution in [0.5, 0.6) is 0 Å². The monoisotopic (exact) mass is 110 g/mol. The normalized spacial score (nSPS) is 6.57. The number of hydrogen-bond donors (Lipinski definition) is 0. The van der Waals surface area contributed by atoms with E-state index in [2.05, 4.69) is 4.74 Å². The minimum atomic E-state index is -1.03. The van der Waals surface area contributed by atoms with Gasteiger partial charge in [-0.3, -0.25) is 0 Å². The number of alkyl halides is 1. The van der Waals surface area contributed by atoms with E-state index in [1.807, 2.05) is 0 Å². The maximum absolute atomic E-state index is 10.9. The molecule has 0 atom stereocenters. The number of carbonyl (C=O) groups is 1. The molecule has 0 amide bonds. The zero-order valence-corrected chi connectivity index (χ0v) is 3.90. The van der Waals surface area contributed by atoms with Gasteiger partial charge in [0.1, 0.15) is 0 Å². The second-order valence-corrected chi connectivity index (χ2v) is 0.710. The minimum Gasteiger partial charge on any atom is -0.467 e. The molecule has 2 N–H and O–H groups in total. The second kappa shape index (κ2) is 5.36. The third-order valence-electron chi connectivity index (χ3n) is 0.337. The molecule has 3 nitrogen and oxygen atoms in total. The molecule has 0 bridgehead atoms. The first-order chi connectivity index (χ1) is 2.81. The SMILES string of the molecule is COC(=O)CF.O. The summed E-state index contributed by atoms with van der Waals surface area (Å²) in [4.78, 5) is 9.58. The fourth-order valence-corrected chi connectivity index (χ4v) is 0.0546. The number of rotatable bonds is 1. The summed E-state index contributed by atoms with van der Waals surface area (Å²) in [7, 11) is 1.14. The van der Waals surface area contributed by atoms with Crippen LogP contribution in [0.1, 0.15) is 0 Å². The number of hydrogen-bond acceptors (Lipinski definition) is 2. The molecule has 4 heteroatoms. The largest absolute Gasteiger partial charge is 0.467 e. The molecule has 7 heavy (non-hydrogen) atoms. The Bertz CT molecular complexity index is 48.1. The highest BCUT2D eigenvalue weighted by Gasteiger charge is 1.91. The van der Waals surface area contributed by atoms with Crippen LogP contribution in [-0.2, 0) is 9.53 Å². The van der Waals surface area contributed by atoms with Crippen LogP contribution < -0.4 is 0 Å². The predicted molar refractivity (Wildman–Crippen MR) is 21.6 cm³/mol. The Kier molecular flexibility index (Phi) is 7.36. The molecular formula is C3H7FO3. The zero-order valence-electron chi connectivity index (χ0n) is 3.90. The van der Waals surface area contributed by atoms with Gasteiger partial charge in [-0.1, -0.05) is 0 Å². The molecule has 0 saturated carbocycles. The van der Waals surface area contributed by atoms with Crippen LogP contribution in [-0.4, -0.2) is 25.2 Å². The Balaban J connectivity index is 0. The second-order valence-electron chi connectivity index (χ2n) is 0.710. The molecule has 44 valence electrons. The van der Waals surface area contributed by atoms with Crippen LogP contribution in [0.15, 0.2) is 0 Å². The summed E-state index contributed by atoms with van der Waals surface area (Å²) in [6, 6.07) is 0. The van der Waals surface area contributed by atoms with Crippen molar-refractivity contribution < 1.29 is 19.4 Å². The van der Waals surface area contributed by atoms with Gasteiger partial charge in [-0.25, -0.2) is 9.18 Å². The summed E-state index contributed by atoms with van der Waals surface area (Å²) in [5.74, 6) is -0.824. The molecule has 0 aromatic carbocycles. The van der Waals surface area contributed by atoms with Crippen molar-refractivity contribution >= 4 is 5.97 Å². The topological polar surface area (TPSA) is 57.8 Å². The van der Waals surface area contributed by atoms with Gasteiger partial charge in [0.15, 0.2) is 6.67 Å². The summed E-state index contributed by atoms with van der Waals surface area (Å²) >= 11 is 0. The maximum Gasteiger partial charge on any atom is 0.337 e. The van der Waals surface area contributed by atoms with Gasteiger partial charge in [-0.15, -0.1) is 0 Å². The lowest BCUT2D eigenvalue weighted by Gasteiger charge is -1.85. The van der Waals surface area contributed by atoms with Gasteiger partial charge in [-0.2, -0.15) is 0 Å². The quantitative estimate of drug-likeness (QED) is 0.419. The molecule has 0 fully saturated rings. The number of halogens is 1. The van der Waals surface area contributed by atoms with Gasteiger partial charge in [0.05, 0.1) is 7.11 Å². The summed E-state index contributed by atoms with van der Waals surface area (Å²) in [6.07, 6.45) is 0. The van der Waals surface area contributed by atoms with Crippen LogP contribution in [0, 0.1) is 0 Å². The lowest BCUT2D eigenvalue weighted by molar-refractivity contribution is -0.141. The fraction of sp³-hybridized carbons (Fsp3) is 0.667. The Hall–Kier alpha value is -0.640. The maximum atomic E-state index is 10.9. The van der Waals surface area contributed by atoms with Crippen molar-refractivity contribution in [2.24, 2.45) is 0 Å². The first kappa shape index (κ1) is 9.61. The molecule has 0 unspecified atom stereocenters. The Morgan fingerprint density at radius 2 is 2.29 bits per heavy atom. The highest BCUT2D eigenvalue weighted by molar-refractivity contribution is 5.70. The molecule has 0 aromatic heterocycles. The van der Waals surface area contributed by atoms with Crippen LogP contribution in [0.4, 0.5) is 4.39 Å². The van der Waals surface area contributed by atoms with E-state index >= 15 is 0 Å². The average Bonchev–Trinajstić information content (AvgIpc) is 1.65. The summed E-state index contributed by atoms with van der Waals surface area (Å²) in [6.45, 7) is -1.03. The van der Waals surface area contributed by atoms with Crippen molar-refractivity contribution in [3.8, 4) is 0 Å². The van der Waals surface area contributed by atoms with Crippen LogP contribution in [0.25, 0.3) is 0 Å². The van der Waals surface area contributed by atoms with E-state index in [0.29, 0.717) is 0 Å². The van der Waals surface area contributed by atoms with Gasteiger partial charge in [0.25, 0.3) is 0 Å². The van der Waals surface area contributed by atoms with Gasteiger partial charge in [0, 0.05) is 0 Å².